The van der Waals surface area contributed by atoms with E-state index < -0.39 is 0 Å². The zero-order valence-electron chi connectivity index (χ0n) is 17.0. The molecule has 0 radical (unpaired) electrons. The number of aryl methyl sites for hydroxylation is 1. The molecule has 3 unspecified atom stereocenters. The first-order valence-electron chi connectivity index (χ1n) is 10.4. The molecule has 0 bridgehead atoms. The SMILES string of the molecule is Cn1cnc2ncn(Cc3nc(C4C5C=C(c6ccc7ncsc7c6)CC54)no3)c(=O)c21. The Morgan fingerprint density at radius 2 is 2.12 bits per heavy atom. The molecule has 1 saturated carbocycles. The number of imidazole rings is 1. The van der Waals surface area contributed by atoms with Gasteiger partial charge in [-0.05, 0) is 41.5 Å². The Morgan fingerprint density at radius 3 is 3.00 bits per heavy atom. The average Bonchev–Trinajstić information content (AvgIpc) is 3.38. The van der Waals surface area contributed by atoms with Gasteiger partial charge in [0.2, 0.25) is 5.89 Å². The molecule has 10 heteroatoms. The van der Waals surface area contributed by atoms with Gasteiger partial charge in [0.1, 0.15) is 12.9 Å². The van der Waals surface area contributed by atoms with Crippen molar-refractivity contribution in [3.05, 3.63) is 70.1 Å². The van der Waals surface area contributed by atoms with Crippen LogP contribution in [-0.2, 0) is 13.6 Å². The fraction of sp³-hybridized carbons (Fsp3) is 0.273. The number of thiazole rings is 1. The van der Waals surface area contributed by atoms with Crippen molar-refractivity contribution in [1.82, 2.24) is 34.2 Å². The van der Waals surface area contributed by atoms with Crippen molar-refractivity contribution in [3.63, 3.8) is 0 Å². The number of nitrogens with zero attached hydrogens (tertiary/aromatic N) is 7. The van der Waals surface area contributed by atoms with Gasteiger partial charge in [0.05, 0.1) is 22.1 Å². The van der Waals surface area contributed by atoms with E-state index in [0.717, 1.165) is 17.8 Å². The Bertz CT molecular complexity index is 1610. The second-order valence-electron chi connectivity index (χ2n) is 8.45. The molecule has 1 fully saturated rings. The summed E-state index contributed by atoms with van der Waals surface area (Å²) in [5.41, 5.74) is 6.31. The maximum Gasteiger partial charge on any atom is 0.280 e. The molecule has 5 aromatic rings. The molecule has 2 aliphatic carbocycles. The van der Waals surface area contributed by atoms with Crippen LogP contribution in [0.2, 0.25) is 0 Å². The minimum atomic E-state index is -0.177. The maximum atomic E-state index is 12.7. The summed E-state index contributed by atoms with van der Waals surface area (Å²) < 4.78 is 9.83. The van der Waals surface area contributed by atoms with Gasteiger partial charge in [0.15, 0.2) is 17.0 Å². The van der Waals surface area contributed by atoms with E-state index >= 15 is 0 Å². The van der Waals surface area contributed by atoms with Crippen LogP contribution in [0.15, 0.2) is 51.8 Å². The highest BCUT2D eigenvalue weighted by atomic mass is 32.1. The van der Waals surface area contributed by atoms with Gasteiger partial charge in [-0.25, -0.2) is 15.0 Å². The molecule has 0 N–H and O–H groups in total. The lowest BCUT2D eigenvalue weighted by atomic mass is 10.0. The zero-order valence-corrected chi connectivity index (χ0v) is 17.9. The minimum absolute atomic E-state index is 0.177. The van der Waals surface area contributed by atoms with Crippen molar-refractivity contribution >= 4 is 38.3 Å². The highest BCUT2D eigenvalue weighted by molar-refractivity contribution is 7.16. The second kappa shape index (κ2) is 6.42. The zero-order chi connectivity index (χ0) is 21.4. The van der Waals surface area contributed by atoms with Crippen LogP contribution >= 0.6 is 11.3 Å². The van der Waals surface area contributed by atoms with Crippen LogP contribution in [-0.4, -0.2) is 34.2 Å². The topological polar surface area (TPSA) is 105 Å². The van der Waals surface area contributed by atoms with Gasteiger partial charge in [-0.1, -0.05) is 17.3 Å². The molecule has 0 amide bonds. The molecule has 3 atom stereocenters. The molecular weight excluding hydrogens is 426 g/mol. The van der Waals surface area contributed by atoms with Gasteiger partial charge in [0.25, 0.3) is 5.56 Å². The predicted octanol–water partition coefficient (Wildman–Crippen LogP) is 2.99. The Labute approximate surface area is 185 Å². The van der Waals surface area contributed by atoms with E-state index in [2.05, 4.69) is 49.4 Å². The summed E-state index contributed by atoms with van der Waals surface area (Å²) in [6.45, 7) is 0.192. The van der Waals surface area contributed by atoms with Crippen LogP contribution in [0.3, 0.4) is 0 Å². The minimum Gasteiger partial charge on any atom is -0.337 e. The number of hydrogen-bond acceptors (Lipinski definition) is 8. The van der Waals surface area contributed by atoms with Crippen LogP contribution in [0.25, 0.3) is 27.0 Å². The summed E-state index contributed by atoms with van der Waals surface area (Å²) in [4.78, 5) is 30.0. The average molecular weight is 443 g/mol. The van der Waals surface area contributed by atoms with Gasteiger partial charge in [-0.3, -0.25) is 9.36 Å². The molecule has 0 saturated heterocycles. The summed E-state index contributed by atoms with van der Waals surface area (Å²) in [6, 6.07) is 6.48. The lowest BCUT2D eigenvalue weighted by Gasteiger charge is -2.05. The van der Waals surface area contributed by atoms with E-state index in [1.807, 2.05) is 5.51 Å². The van der Waals surface area contributed by atoms with Gasteiger partial charge in [-0.15, -0.1) is 11.3 Å². The molecule has 158 valence electrons. The Balaban J connectivity index is 1.11. The molecule has 9 nitrogen and oxygen atoms in total. The molecule has 32 heavy (non-hydrogen) atoms. The third-order valence-electron chi connectivity index (χ3n) is 6.57. The Kier molecular flexibility index (Phi) is 3.61. The van der Waals surface area contributed by atoms with Crippen LogP contribution in [0.4, 0.5) is 0 Å². The van der Waals surface area contributed by atoms with Crippen LogP contribution in [0.5, 0.6) is 0 Å². The lowest BCUT2D eigenvalue weighted by molar-refractivity contribution is 0.364. The number of fused-ring (bicyclic) bond motifs is 3. The standard InChI is InChI=1S/C22H17N7O2S/c1-28-8-23-21-19(28)22(30)29(9-24-21)7-17-26-20(27-31-17)18-13-4-12(5-14(13)18)11-2-3-15-16(6-11)32-10-25-15/h2-4,6,8-10,13-14,18H,5,7H2,1H3. The highest BCUT2D eigenvalue weighted by Gasteiger charge is 2.55. The molecule has 2 aliphatic rings. The third kappa shape index (κ3) is 2.62. The Morgan fingerprint density at radius 1 is 1.22 bits per heavy atom. The number of rotatable bonds is 4. The third-order valence-corrected chi connectivity index (χ3v) is 7.36. The molecule has 1 aromatic carbocycles. The predicted molar refractivity (Wildman–Crippen MR) is 118 cm³/mol. The lowest BCUT2D eigenvalue weighted by Crippen LogP contribution is -2.22. The maximum absolute atomic E-state index is 12.7. The van der Waals surface area contributed by atoms with Crippen LogP contribution in [0.1, 0.15) is 29.6 Å². The van der Waals surface area contributed by atoms with Crippen molar-refractivity contribution in [3.8, 4) is 0 Å². The summed E-state index contributed by atoms with van der Waals surface area (Å²) >= 11 is 1.67. The van der Waals surface area contributed by atoms with Crippen molar-refractivity contribution < 1.29 is 4.52 Å². The number of aromatic nitrogens is 7. The number of benzene rings is 1. The van der Waals surface area contributed by atoms with E-state index in [-0.39, 0.29) is 18.0 Å². The van der Waals surface area contributed by atoms with Crippen molar-refractivity contribution in [1.29, 1.82) is 0 Å². The molecule has 0 spiro atoms. The number of hydrogen-bond donors (Lipinski definition) is 0. The molecule has 7 rings (SSSR count). The molecule has 4 heterocycles. The highest BCUT2D eigenvalue weighted by Crippen LogP contribution is 2.62. The monoisotopic (exact) mass is 443 g/mol. The summed E-state index contributed by atoms with van der Waals surface area (Å²) in [6.07, 6.45) is 6.43. The molecular formula is C22H17N7O2S. The first kappa shape index (κ1) is 18.0. The molecule has 4 aromatic heterocycles. The van der Waals surface area contributed by atoms with Crippen molar-refractivity contribution in [2.75, 3.05) is 0 Å². The van der Waals surface area contributed by atoms with E-state index in [4.69, 9.17) is 4.52 Å². The van der Waals surface area contributed by atoms with E-state index in [0.29, 0.717) is 28.9 Å². The van der Waals surface area contributed by atoms with Gasteiger partial charge >= 0.3 is 0 Å². The summed E-state index contributed by atoms with van der Waals surface area (Å²) in [7, 11) is 1.77. The quantitative estimate of drug-likeness (QED) is 0.420. The largest absolute Gasteiger partial charge is 0.337 e. The van der Waals surface area contributed by atoms with Crippen LogP contribution < -0.4 is 5.56 Å². The van der Waals surface area contributed by atoms with E-state index in [1.54, 1.807) is 29.3 Å². The van der Waals surface area contributed by atoms with Crippen molar-refractivity contribution in [2.24, 2.45) is 18.9 Å². The fourth-order valence-electron chi connectivity index (χ4n) is 4.88. The first-order valence-corrected chi connectivity index (χ1v) is 11.3. The van der Waals surface area contributed by atoms with Gasteiger partial charge in [0, 0.05) is 13.0 Å². The fourth-order valence-corrected chi connectivity index (χ4v) is 5.59. The van der Waals surface area contributed by atoms with E-state index in [9.17, 15) is 4.79 Å². The normalized spacial score (nSPS) is 21.9. The number of allylic oxidation sites excluding steroid dienone is 2. The van der Waals surface area contributed by atoms with Gasteiger partial charge in [-0.2, -0.15) is 4.98 Å². The molecule has 0 aliphatic heterocycles. The van der Waals surface area contributed by atoms with Crippen molar-refractivity contribution in [2.45, 2.75) is 18.9 Å². The summed E-state index contributed by atoms with van der Waals surface area (Å²) in [5.74, 6) is 2.39. The second-order valence-corrected chi connectivity index (χ2v) is 9.34. The Hall–Kier alpha value is -3.66. The summed E-state index contributed by atoms with van der Waals surface area (Å²) in [5, 5.41) is 4.21. The first-order chi connectivity index (χ1) is 15.7. The smallest absolute Gasteiger partial charge is 0.280 e. The van der Waals surface area contributed by atoms with E-state index in [1.165, 1.54) is 26.7 Å². The van der Waals surface area contributed by atoms with Gasteiger partial charge < -0.3 is 9.09 Å². The van der Waals surface area contributed by atoms with Crippen LogP contribution in [0, 0.1) is 11.8 Å².